The van der Waals surface area contributed by atoms with Crippen molar-refractivity contribution in [1.82, 2.24) is 14.7 Å². The van der Waals surface area contributed by atoms with Gasteiger partial charge in [0.25, 0.3) is 5.91 Å². The fourth-order valence-corrected chi connectivity index (χ4v) is 3.24. The van der Waals surface area contributed by atoms with Crippen molar-refractivity contribution in [2.24, 2.45) is 0 Å². The van der Waals surface area contributed by atoms with Gasteiger partial charge in [-0.3, -0.25) is 9.20 Å². The van der Waals surface area contributed by atoms with E-state index in [9.17, 15) is 9.59 Å². The molecule has 0 spiro atoms. The van der Waals surface area contributed by atoms with Gasteiger partial charge in [-0.15, -0.1) is 0 Å². The SMILES string of the molecule is CCC[C@@H](NC(=O)COC(=O)/C=C/c1c(Cl)nc2ccccn12)c1ccccc1. The summed E-state index contributed by atoms with van der Waals surface area (Å²) in [6.07, 6.45) is 6.27. The maximum atomic E-state index is 12.2. The third-order valence-corrected chi connectivity index (χ3v) is 4.64. The van der Waals surface area contributed by atoms with Crippen LogP contribution in [0.5, 0.6) is 0 Å². The minimum absolute atomic E-state index is 0.111. The van der Waals surface area contributed by atoms with Gasteiger partial charge in [0.05, 0.1) is 11.7 Å². The summed E-state index contributed by atoms with van der Waals surface area (Å²) in [7, 11) is 0. The quantitative estimate of drug-likeness (QED) is 0.445. The number of benzene rings is 1. The van der Waals surface area contributed by atoms with E-state index in [-0.39, 0.29) is 23.7 Å². The summed E-state index contributed by atoms with van der Waals surface area (Å²) in [5, 5.41) is 3.20. The Morgan fingerprint density at radius 2 is 1.97 bits per heavy atom. The van der Waals surface area contributed by atoms with Crippen LogP contribution in [0.3, 0.4) is 0 Å². The second kappa shape index (κ2) is 9.89. The van der Waals surface area contributed by atoms with Crippen LogP contribution in [0.2, 0.25) is 5.15 Å². The molecule has 7 heteroatoms. The third kappa shape index (κ3) is 5.45. The molecule has 0 saturated heterocycles. The molecule has 150 valence electrons. The lowest BCUT2D eigenvalue weighted by molar-refractivity contribution is -0.144. The molecule has 0 bridgehead atoms. The number of pyridine rings is 1. The van der Waals surface area contributed by atoms with Crippen LogP contribution in [-0.2, 0) is 14.3 Å². The summed E-state index contributed by atoms with van der Waals surface area (Å²) in [4.78, 5) is 28.4. The fourth-order valence-electron chi connectivity index (χ4n) is 3.00. The third-order valence-electron chi connectivity index (χ3n) is 4.36. The Bertz CT molecular complexity index is 1010. The molecule has 3 aromatic rings. The number of amides is 1. The molecule has 1 aromatic carbocycles. The van der Waals surface area contributed by atoms with Crippen LogP contribution in [0.25, 0.3) is 11.7 Å². The smallest absolute Gasteiger partial charge is 0.331 e. The standard InChI is InChI=1S/C22H22ClN3O3/c1-2-8-17(16-9-4-3-5-10-16)24-20(27)15-29-21(28)13-12-18-22(23)25-19-11-6-7-14-26(18)19/h3-7,9-14,17H,2,8,15H2,1H3,(H,24,27)/b13-12+/t17-/m1/s1. The van der Waals surface area contributed by atoms with E-state index in [0.717, 1.165) is 18.4 Å². The number of nitrogens with zero attached hydrogens (tertiary/aromatic N) is 2. The zero-order valence-electron chi connectivity index (χ0n) is 16.0. The lowest BCUT2D eigenvalue weighted by Crippen LogP contribution is -2.32. The van der Waals surface area contributed by atoms with E-state index in [1.165, 1.54) is 12.2 Å². The molecule has 0 aliphatic rings. The van der Waals surface area contributed by atoms with Gasteiger partial charge < -0.3 is 10.1 Å². The predicted molar refractivity (Wildman–Crippen MR) is 112 cm³/mol. The number of imidazole rings is 1. The Balaban J connectivity index is 1.56. The molecule has 0 aliphatic carbocycles. The highest BCUT2D eigenvalue weighted by Crippen LogP contribution is 2.19. The van der Waals surface area contributed by atoms with Crippen LogP contribution >= 0.6 is 11.6 Å². The van der Waals surface area contributed by atoms with E-state index in [1.54, 1.807) is 10.6 Å². The van der Waals surface area contributed by atoms with Crippen molar-refractivity contribution in [2.75, 3.05) is 6.61 Å². The zero-order valence-corrected chi connectivity index (χ0v) is 16.8. The zero-order chi connectivity index (χ0) is 20.6. The second-order valence-corrected chi connectivity index (χ2v) is 6.84. The summed E-state index contributed by atoms with van der Waals surface area (Å²) >= 11 is 6.12. The van der Waals surface area contributed by atoms with Crippen LogP contribution in [0.15, 0.2) is 60.8 Å². The Labute approximate surface area is 174 Å². The van der Waals surface area contributed by atoms with Crippen molar-refractivity contribution in [2.45, 2.75) is 25.8 Å². The van der Waals surface area contributed by atoms with E-state index in [2.05, 4.69) is 17.2 Å². The number of fused-ring (bicyclic) bond motifs is 1. The average Bonchev–Trinajstić information content (AvgIpc) is 3.06. The molecule has 29 heavy (non-hydrogen) atoms. The van der Waals surface area contributed by atoms with E-state index in [0.29, 0.717) is 11.3 Å². The first-order valence-electron chi connectivity index (χ1n) is 9.40. The van der Waals surface area contributed by atoms with E-state index in [4.69, 9.17) is 16.3 Å². The van der Waals surface area contributed by atoms with E-state index in [1.807, 2.05) is 48.5 Å². The molecule has 1 atom stereocenters. The molecule has 1 amide bonds. The Hall–Kier alpha value is -3.12. The highest BCUT2D eigenvalue weighted by Gasteiger charge is 2.14. The Morgan fingerprint density at radius 3 is 2.72 bits per heavy atom. The molecule has 0 radical (unpaired) electrons. The van der Waals surface area contributed by atoms with E-state index >= 15 is 0 Å². The van der Waals surface area contributed by atoms with Crippen molar-refractivity contribution in [3.8, 4) is 0 Å². The topological polar surface area (TPSA) is 72.7 Å². The molecule has 0 fully saturated rings. The summed E-state index contributed by atoms with van der Waals surface area (Å²) in [5.74, 6) is -0.976. The molecule has 1 N–H and O–H groups in total. The average molecular weight is 412 g/mol. The number of rotatable bonds is 8. The number of halogens is 1. The first-order valence-corrected chi connectivity index (χ1v) is 9.78. The molecule has 3 rings (SSSR count). The second-order valence-electron chi connectivity index (χ2n) is 6.48. The maximum Gasteiger partial charge on any atom is 0.331 e. The first-order chi connectivity index (χ1) is 14.1. The molecule has 6 nitrogen and oxygen atoms in total. The van der Waals surface area contributed by atoms with E-state index < -0.39 is 5.97 Å². The molecule has 2 heterocycles. The summed E-state index contributed by atoms with van der Waals surface area (Å²) in [5.41, 5.74) is 2.26. The van der Waals surface area contributed by atoms with Gasteiger partial charge in [-0.25, -0.2) is 9.78 Å². The van der Waals surface area contributed by atoms with Crippen molar-refractivity contribution < 1.29 is 14.3 Å². The molecular formula is C22H22ClN3O3. The van der Waals surface area contributed by atoms with Gasteiger partial charge in [0, 0.05) is 12.3 Å². The highest BCUT2D eigenvalue weighted by atomic mass is 35.5. The predicted octanol–water partition coefficient (Wildman–Crippen LogP) is 4.20. The number of aromatic nitrogens is 2. The minimum atomic E-state index is -0.631. The lowest BCUT2D eigenvalue weighted by Gasteiger charge is -2.18. The number of ether oxygens (including phenoxy) is 1. The maximum absolute atomic E-state index is 12.2. The van der Waals surface area contributed by atoms with Crippen LogP contribution in [0.4, 0.5) is 0 Å². The fraction of sp³-hybridized carbons (Fsp3) is 0.227. The summed E-state index contributed by atoms with van der Waals surface area (Å²) in [6.45, 7) is 1.70. The van der Waals surface area contributed by atoms with Crippen molar-refractivity contribution in [3.05, 3.63) is 77.2 Å². The number of carbonyl (C=O) groups is 2. The van der Waals surface area contributed by atoms with Crippen molar-refractivity contribution in [3.63, 3.8) is 0 Å². The van der Waals surface area contributed by atoms with Crippen LogP contribution in [0.1, 0.15) is 37.1 Å². The lowest BCUT2D eigenvalue weighted by atomic mass is 10.0. The Kier molecular flexibility index (Phi) is 7.03. The summed E-state index contributed by atoms with van der Waals surface area (Å²) < 4.78 is 6.82. The van der Waals surface area contributed by atoms with Gasteiger partial charge in [-0.05, 0) is 30.2 Å². The largest absolute Gasteiger partial charge is 0.452 e. The van der Waals surface area contributed by atoms with Gasteiger partial charge in [0.1, 0.15) is 5.65 Å². The number of hydrogen-bond donors (Lipinski definition) is 1. The van der Waals surface area contributed by atoms with Gasteiger partial charge in [-0.2, -0.15) is 0 Å². The van der Waals surface area contributed by atoms with Crippen LogP contribution < -0.4 is 5.32 Å². The number of nitrogens with one attached hydrogen (secondary N) is 1. The van der Waals surface area contributed by atoms with Crippen molar-refractivity contribution in [1.29, 1.82) is 0 Å². The highest BCUT2D eigenvalue weighted by molar-refractivity contribution is 6.31. The van der Waals surface area contributed by atoms with Crippen LogP contribution in [0, 0.1) is 0 Å². The molecule has 0 saturated carbocycles. The first kappa shape index (κ1) is 20.6. The molecule has 0 aliphatic heterocycles. The van der Waals surface area contributed by atoms with Gasteiger partial charge >= 0.3 is 5.97 Å². The Morgan fingerprint density at radius 1 is 1.21 bits per heavy atom. The van der Waals surface area contributed by atoms with Crippen molar-refractivity contribution >= 4 is 35.2 Å². The molecule has 0 unspecified atom stereocenters. The summed E-state index contributed by atoms with van der Waals surface area (Å²) in [6, 6.07) is 15.1. The number of hydrogen-bond acceptors (Lipinski definition) is 4. The van der Waals surface area contributed by atoms with Gasteiger partial charge in [-0.1, -0.05) is 61.3 Å². The normalized spacial score (nSPS) is 12.2. The van der Waals surface area contributed by atoms with Crippen LogP contribution in [-0.4, -0.2) is 27.9 Å². The number of esters is 1. The number of carbonyl (C=O) groups excluding carboxylic acids is 2. The van der Waals surface area contributed by atoms with Gasteiger partial charge in [0.2, 0.25) is 0 Å². The molecular weight excluding hydrogens is 390 g/mol. The van der Waals surface area contributed by atoms with Gasteiger partial charge in [0.15, 0.2) is 11.8 Å². The minimum Gasteiger partial charge on any atom is -0.452 e. The molecule has 2 aromatic heterocycles. The monoisotopic (exact) mass is 411 g/mol.